The van der Waals surface area contributed by atoms with Crippen LogP contribution in [0.1, 0.15) is 46.5 Å². The van der Waals surface area contributed by atoms with E-state index in [1.54, 1.807) is 12.2 Å². The van der Waals surface area contributed by atoms with Gasteiger partial charge in [0.15, 0.2) is 11.2 Å². The lowest BCUT2D eigenvalue weighted by atomic mass is 9.64. The zero-order chi connectivity index (χ0) is 21.6. The predicted octanol–water partition coefficient (Wildman–Crippen LogP) is 2.86. The van der Waals surface area contributed by atoms with Crippen LogP contribution in [0.3, 0.4) is 0 Å². The zero-order valence-electron chi connectivity index (χ0n) is 16.4. The van der Waals surface area contributed by atoms with E-state index in [1.165, 1.54) is 6.92 Å². The van der Waals surface area contributed by atoms with Gasteiger partial charge in [0, 0.05) is 6.92 Å². The molecule has 1 saturated carbocycles. The summed E-state index contributed by atoms with van der Waals surface area (Å²) in [5, 5.41) is 10.3. The molecule has 9 heteroatoms. The summed E-state index contributed by atoms with van der Waals surface area (Å²) < 4.78 is 16.8. The van der Waals surface area contributed by atoms with E-state index in [4.69, 9.17) is 14.2 Å². The highest BCUT2D eigenvalue weighted by atomic mass is 79.9. The minimum absolute atomic E-state index is 0.165. The van der Waals surface area contributed by atoms with E-state index < -0.39 is 41.3 Å². The fourth-order valence-electron chi connectivity index (χ4n) is 4.12. The van der Waals surface area contributed by atoms with Gasteiger partial charge in [0.2, 0.25) is 0 Å². The van der Waals surface area contributed by atoms with Crippen molar-refractivity contribution in [3.63, 3.8) is 0 Å². The molecule has 0 amide bonds. The quantitative estimate of drug-likeness (QED) is 0.304. The van der Waals surface area contributed by atoms with Crippen LogP contribution in [0.25, 0.3) is 0 Å². The lowest BCUT2D eigenvalue weighted by Gasteiger charge is -2.57. The molecule has 160 valence electrons. The van der Waals surface area contributed by atoms with Gasteiger partial charge in [-0.05, 0) is 25.0 Å². The number of rotatable bonds is 7. The molecule has 0 radical (unpaired) electrons. The van der Waals surface area contributed by atoms with Crippen molar-refractivity contribution in [3.8, 4) is 0 Å². The lowest BCUT2D eigenvalue weighted by Crippen LogP contribution is -2.77. The maximum absolute atomic E-state index is 12.7. The minimum Gasteiger partial charge on any atom is -0.457 e. The number of ether oxygens (including phenoxy) is 3. The fourth-order valence-corrected chi connectivity index (χ4v) is 6.07. The van der Waals surface area contributed by atoms with E-state index in [-0.39, 0.29) is 20.8 Å². The first-order chi connectivity index (χ1) is 13.6. The summed E-state index contributed by atoms with van der Waals surface area (Å²) >= 11 is 7.07. The second-order valence-electron chi connectivity index (χ2n) is 7.56. The van der Waals surface area contributed by atoms with Gasteiger partial charge < -0.3 is 19.3 Å². The fraction of sp³-hybridized carbons (Fsp3) is 0.650. The summed E-state index contributed by atoms with van der Waals surface area (Å²) in [6.07, 6.45) is 3.76. The van der Waals surface area contributed by atoms with Gasteiger partial charge in [0.05, 0.1) is 26.9 Å². The second kappa shape index (κ2) is 8.15. The Morgan fingerprint density at radius 3 is 2.03 bits per heavy atom. The summed E-state index contributed by atoms with van der Waals surface area (Å²) in [6, 6.07) is 0. The van der Waals surface area contributed by atoms with Crippen molar-refractivity contribution in [2.75, 3.05) is 0 Å². The van der Waals surface area contributed by atoms with Crippen molar-refractivity contribution >= 4 is 49.8 Å². The van der Waals surface area contributed by atoms with Crippen molar-refractivity contribution in [2.45, 2.75) is 79.5 Å². The Hall–Kier alpha value is -1.19. The van der Waals surface area contributed by atoms with Crippen LogP contribution in [0, 0.1) is 0 Å². The Kier molecular flexibility index (Phi) is 6.32. The van der Waals surface area contributed by atoms with Crippen molar-refractivity contribution in [3.05, 3.63) is 23.3 Å². The molecule has 1 N–H and O–H groups in total. The van der Waals surface area contributed by atoms with Crippen molar-refractivity contribution in [1.82, 2.24) is 0 Å². The highest BCUT2D eigenvalue weighted by Gasteiger charge is 2.78. The molecule has 2 aliphatic heterocycles. The highest BCUT2D eigenvalue weighted by molar-refractivity contribution is 9.12. The Balaban J connectivity index is 2.02. The maximum atomic E-state index is 12.7. The first kappa shape index (κ1) is 22.5. The minimum atomic E-state index is -1.29. The number of hydrogen-bond acceptors (Lipinski definition) is 7. The van der Waals surface area contributed by atoms with Crippen LogP contribution >= 0.6 is 31.9 Å². The van der Waals surface area contributed by atoms with Gasteiger partial charge in [-0.15, -0.1) is 0 Å². The van der Waals surface area contributed by atoms with Crippen molar-refractivity contribution in [2.24, 2.45) is 0 Å². The van der Waals surface area contributed by atoms with Crippen LogP contribution in [-0.4, -0.2) is 56.1 Å². The van der Waals surface area contributed by atoms with Gasteiger partial charge in [-0.2, -0.15) is 0 Å². The molecule has 0 saturated heterocycles. The van der Waals surface area contributed by atoms with E-state index in [0.717, 1.165) is 0 Å². The molecule has 0 aromatic rings. The summed E-state index contributed by atoms with van der Waals surface area (Å²) in [5.41, 5.74) is -2.18. The number of alkyl halides is 2. The van der Waals surface area contributed by atoms with E-state index in [0.29, 0.717) is 25.7 Å². The number of hydrogen-bond donors (Lipinski definition) is 1. The molecule has 7 nitrogen and oxygen atoms in total. The molecular weight excluding hydrogens is 512 g/mol. The highest BCUT2D eigenvalue weighted by Crippen LogP contribution is 2.61. The molecule has 29 heavy (non-hydrogen) atoms. The molecule has 2 heterocycles. The Morgan fingerprint density at radius 2 is 1.55 bits per heavy atom. The monoisotopic (exact) mass is 534 g/mol. The van der Waals surface area contributed by atoms with Crippen LogP contribution in [0.5, 0.6) is 0 Å². The van der Waals surface area contributed by atoms with E-state index in [1.807, 2.05) is 13.8 Å². The average molecular weight is 536 g/mol. The molecular formula is C20H24Br2O7. The summed E-state index contributed by atoms with van der Waals surface area (Å²) in [5.74, 6) is -1.73. The Bertz CT molecular complexity index is 792. The van der Waals surface area contributed by atoms with Crippen LogP contribution in [0.4, 0.5) is 0 Å². The third-order valence-electron chi connectivity index (χ3n) is 5.55. The Morgan fingerprint density at radius 1 is 1.07 bits per heavy atom. The molecule has 2 spiro atoms. The predicted molar refractivity (Wildman–Crippen MR) is 111 cm³/mol. The standard InChI is InChI=1S/C20H24Br2O7/c1-4-6-13(24)11-8-19(28-17(11)25)15(21)16(22)20(19)9-12(18(26)29-20)14(7-5-2)27-10(3)23/h8-9,13-16,24H,4-7H2,1-3H3/t13-,14+,15-,16-,19+,20+/m0/s1. The number of halogens is 2. The summed E-state index contributed by atoms with van der Waals surface area (Å²) in [7, 11) is 0. The van der Waals surface area contributed by atoms with Crippen LogP contribution in [-0.2, 0) is 28.6 Å². The largest absolute Gasteiger partial charge is 0.457 e. The third kappa shape index (κ3) is 3.39. The number of carbonyl (C=O) groups excluding carboxylic acids is 3. The maximum Gasteiger partial charge on any atom is 0.338 e. The Labute approximate surface area is 186 Å². The zero-order valence-corrected chi connectivity index (χ0v) is 19.6. The molecule has 1 aliphatic carbocycles. The molecule has 1 fully saturated rings. The molecule has 0 aromatic heterocycles. The number of carbonyl (C=O) groups is 3. The number of aliphatic hydroxyl groups excluding tert-OH is 1. The average Bonchev–Trinajstić information content (AvgIpc) is 3.21. The first-order valence-electron chi connectivity index (χ1n) is 9.69. The van der Waals surface area contributed by atoms with Crippen LogP contribution < -0.4 is 0 Å². The molecule has 6 atom stereocenters. The molecule has 0 unspecified atom stereocenters. The smallest absolute Gasteiger partial charge is 0.338 e. The first-order valence-corrected chi connectivity index (χ1v) is 11.5. The normalized spacial score (nSPS) is 35.0. The summed E-state index contributed by atoms with van der Waals surface area (Å²) in [4.78, 5) is 36.0. The topological polar surface area (TPSA) is 99.1 Å². The van der Waals surface area contributed by atoms with E-state index in [2.05, 4.69) is 31.9 Å². The molecule has 3 aliphatic rings. The molecule has 0 bridgehead atoms. The van der Waals surface area contributed by atoms with Gasteiger partial charge in [-0.25, -0.2) is 9.59 Å². The second-order valence-corrected chi connectivity index (χ2v) is 9.53. The summed E-state index contributed by atoms with van der Waals surface area (Å²) in [6.45, 7) is 5.11. The lowest BCUT2D eigenvalue weighted by molar-refractivity contribution is -0.199. The number of esters is 3. The van der Waals surface area contributed by atoms with E-state index in [9.17, 15) is 19.5 Å². The van der Waals surface area contributed by atoms with Crippen molar-refractivity contribution in [1.29, 1.82) is 0 Å². The van der Waals surface area contributed by atoms with Crippen molar-refractivity contribution < 1.29 is 33.7 Å². The van der Waals surface area contributed by atoms with E-state index >= 15 is 0 Å². The molecule has 3 rings (SSSR count). The van der Waals surface area contributed by atoms with Gasteiger partial charge >= 0.3 is 17.9 Å². The third-order valence-corrected chi connectivity index (χ3v) is 8.68. The van der Waals surface area contributed by atoms with Gasteiger partial charge in [0.25, 0.3) is 0 Å². The molecule has 0 aromatic carbocycles. The van der Waals surface area contributed by atoms with Gasteiger partial charge in [-0.3, -0.25) is 4.79 Å². The SMILES string of the molecule is CCC[C@H](O)C1=C[C@@]2(OC1=O)[C@@H](Br)[C@H](Br)[C@]21C=C([C@@H](CCC)OC(C)=O)C(=O)O1. The van der Waals surface area contributed by atoms with Gasteiger partial charge in [-0.1, -0.05) is 58.5 Å². The number of fused-ring (bicyclic) bond motifs is 1. The van der Waals surface area contributed by atoms with Gasteiger partial charge in [0.1, 0.15) is 6.10 Å². The number of aliphatic hydroxyl groups is 1. The van der Waals surface area contributed by atoms with Crippen LogP contribution in [0.2, 0.25) is 0 Å². The van der Waals surface area contributed by atoms with Crippen LogP contribution in [0.15, 0.2) is 23.3 Å².